The number of hydrogen-bond donors (Lipinski definition) is 0. The Morgan fingerprint density at radius 1 is 1.54 bits per heavy atom. The number of pyridine rings is 1. The highest BCUT2D eigenvalue weighted by atomic mass is 16.5. The first kappa shape index (κ1) is 9.45. The molecule has 1 aromatic heterocycles. The zero-order valence-corrected chi connectivity index (χ0v) is 7.65. The highest BCUT2D eigenvalue weighted by Crippen LogP contribution is 2.09. The lowest BCUT2D eigenvalue weighted by Crippen LogP contribution is -1.96. The van der Waals surface area contributed by atoms with Gasteiger partial charge in [0.15, 0.2) is 0 Å². The standard InChI is InChI=1S/C10H11NO2/c1-8(7-10(12)13-2)9-5-3-4-6-11-9/h3-7H,1-2H3/b8-7-. The minimum absolute atomic E-state index is 0.358. The van der Waals surface area contributed by atoms with Crippen LogP contribution < -0.4 is 0 Å². The zero-order valence-electron chi connectivity index (χ0n) is 7.65. The second kappa shape index (κ2) is 4.40. The Labute approximate surface area is 77.1 Å². The summed E-state index contributed by atoms with van der Waals surface area (Å²) in [5.74, 6) is -0.358. The molecule has 3 heteroatoms. The minimum Gasteiger partial charge on any atom is -0.466 e. The Balaban J connectivity index is 2.85. The molecule has 1 heterocycles. The molecule has 0 amide bonds. The molecule has 0 aliphatic carbocycles. The van der Waals surface area contributed by atoms with Crippen molar-refractivity contribution in [3.05, 3.63) is 36.2 Å². The van der Waals surface area contributed by atoms with E-state index < -0.39 is 0 Å². The predicted molar refractivity (Wildman–Crippen MR) is 49.9 cm³/mol. The SMILES string of the molecule is COC(=O)/C=C(/C)c1ccccn1. The lowest BCUT2D eigenvalue weighted by Gasteiger charge is -1.98. The minimum atomic E-state index is -0.358. The first-order chi connectivity index (χ1) is 6.24. The van der Waals surface area contributed by atoms with Crippen molar-refractivity contribution >= 4 is 11.5 Å². The van der Waals surface area contributed by atoms with Crippen LogP contribution in [0.15, 0.2) is 30.5 Å². The molecule has 3 nitrogen and oxygen atoms in total. The summed E-state index contributed by atoms with van der Waals surface area (Å²) in [5, 5.41) is 0. The van der Waals surface area contributed by atoms with Gasteiger partial charge in [0.1, 0.15) is 0 Å². The summed E-state index contributed by atoms with van der Waals surface area (Å²) >= 11 is 0. The zero-order chi connectivity index (χ0) is 9.68. The highest BCUT2D eigenvalue weighted by Gasteiger charge is 1.99. The molecular weight excluding hydrogens is 166 g/mol. The van der Waals surface area contributed by atoms with Gasteiger partial charge in [0.25, 0.3) is 0 Å². The number of rotatable bonds is 2. The van der Waals surface area contributed by atoms with Crippen LogP contribution in [-0.4, -0.2) is 18.1 Å². The van der Waals surface area contributed by atoms with Crippen LogP contribution in [0.25, 0.3) is 5.57 Å². The van der Waals surface area contributed by atoms with Crippen molar-refractivity contribution in [3.8, 4) is 0 Å². The van der Waals surface area contributed by atoms with E-state index in [9.17, 15) is 4.79 Å². The summed E-state index contributed by atoms with van der Waals surface area (Å²) in [7, 11) is 1.35. The van der Waals surface area contributed by atoms with Crippen LogP contribution in [-0.2, 0) is 9.53 Å². The van der Waals surface area contributed by atoms with Crippen molar-refractivity contribution < 1.29 is 9.53 Å². The number of carbonyl (C=O) groups is 1. The number of aromatic nitrogens is 1. The summed E-state index contributed by atoms with van der Waals surface area (Å²) in [6, 6.07) is 5.54. The molecule has 1 aromatic rings. The van der Waals surface area contributed by atoms with Crippen molar-refractivity contribution in [2.45, 2.75) is 6.92 Å². The average Bonchev–Trinajstić information content (AvgIpc) is 2.19. The molecule has 0 saturated carbocycles. The van der Waals surface area contributed by atoms with E-state index in [2.05, 4.69) is 9.72 Å². The fourth-order valence-electron chi connectivity index (χ4n) is 0.906. The van der Waals surface area contributed by atoms with Crippen LogP contribution in [0.1, 0.15) is 12.6 Å². The molecule has 0 N–H and O–H groups in total. The normalized spacial score (nSPS) is 11.1. The highest BCUT2D eigenvalue weighted by molar-refractivity contribution is 5.90. The molecule has 0 aliphatic rings. The molecule has 0 fully saturated rings. The van der Waals surface area contributed by atoms with Crippen molar-refractivity contribution in [1.29, 1.82) is 0 Å². The summed E-state index contributed by atoms with van der Waals surface area (Å²) < 4.78 is 4.50. The van der Waals surface area contributed by atoms with Crippen LogP contribution in [0.3, 0.4) is 0 Å². The molecule has 0 aromatic carbocycles. The third-order valence-electron chi connectivity index (χ3n) is 1.60. The number of nitrogens with zero attached hydrogens (tertiary/aromatic N) is 1. The van der Waals surface area contributed by atoms with E-state index in [-0.39, 0.29) is 5.97 Å². The average molecular weight is 177 g/mol. The van der Waals surface area contributed by atoms with Crippen LogP contribution in [0, 0.1) is 0 Å². The number of allylic oxidation sites excluding steroid dienone is 1. The Morgan fingerprint density at radius 2 is 2.31 bits per heavy atom. The quantitative estimate of drug-likeness (QED) is 0.509. The van der Waals surface area contributed by atoms with E-state index in [1.807, 2.05) is 25.1 Å². The maximum atomic E-state index is 10.9. The van der Waals surface area contributed by atoms with Gasteiger partial charge >= 0.3 is 5.97 Å². The molecular formula is C10H11NO2. The van der Waals surface area contributed by atoms with Crippen molar-refractivity contribution in [3.63, 3.8) is 0 Å². The summed E-state index contributed by atoms with van der Waals surface area (Å²) in [6.45, 7) is 1.82. The largest absolute Gasteiger partial charge is 0.466 e. The van der Waals surface area contributed by atoms with Crippen molar-refractivity contribution in [2.75, 3.05) is 7.11 Å². The fourth-order valence-corrected chi connectivity index (χ4v) is 0.906. The molecule has 1 rings (SSSR count). The van der Waals surface area contributed by atoms with Crippen molar-refractivity contribution in [2.24, 2.45) is 0 Å². The molecule has 13 heavy (non-hydrogen) atoms. The molecule has 0 unspecified atom stereocenters. The van der Waals surface area contributed by atoms with Crippen LogP contribution >= 0.6 is 0 Å². The maximum Gasteiger partial charge on any atom is 0.330 e. The molecule has 0 spiro atoms. The maximum absolute atomic E-state index is 10.9. The third-order valence-corrected chi connectivity index (χ3v) is 1.60. The second-order valence-electron chi connectivity index (χ2n) is 2.57. The Hall–Kier alpha value is -1.64. The predicted octanol–water partition coefficient (Wildman–Crippen LogP) is 1.66. The first-order valence-corrected chi connectivity index (χ1v) is 3.91. The van der Waals surface area contributed by atoms with Crippen LogP contribution in [0.2, 0.25) is 0 Å². The van der Waals surface area contributed by atoms with Gasteiger partial charge in [-0.05, 0) is 24.6 Å². The van der Waals surface area contributed by atoms with Gasteiger partial charge in [-0.2, -0.15) is 0 Å². The Kier molecular flexibility index (Phi) is 3.20. The molecule has 68 valence electrons. The van der Waals surface area contributed by atoms with Crippen LogP contribution in [0.4, 0.5) is 0 Å². The van der Waals surface area contributed by atoms with Gasteiger partial charge in [0.2, 0.25) is 0 Å². The molecule has 0 saturated heterocycles. The monoisotopic (exact) mass is 177 g/mol. The van der Waals surface area contributed by atoms with E-state index >= 15 is 0 Å². The van der Waals surface area contributed by atoms with Gasteiger partial charge in [-0.1, -0.05) is 6.07 Å². The fraction of sp³-hybridized carbons (Fsp3) is 0.200. The molecule has 0 bridgehead atoms. The van der Waals surface area contributed by atoms with E-state index in [1.165, 1.54) is 13.2 Å². The van der Waals surface area contributed by atoms with E-state index in [1.54, 1.807) is 6.20 Å². The number of methoxy groups -OCH3 is 1. The summed E-state index contributed by atoms with van der Waals surface area (Å²) in [4.78, 5) is 15.0. The first-order valence-electron chi connectivity index (χ1n) is 3.91. The lowest BCUT2D eigenvalue weighted by molar-refractivity contribution is -0.134. The topological polar surface area (TPSA) is 39.2 Å². The molecule has 0 radical (unpaired) electrons. The van der Waals surface area contributed by atoms with Crippen LogP contribution in [0.5, 0.6) is 0 Å². The van der Waals surface area contributed by atoms with Gasteiger partial charge in [-0.15, -0.1) is 0 Å². The van der Waals surface area contributed by atoms with Gasteiger partial charge in [0, 0.05) is 12.3 Å². The number of hydrogen-bond acceptors (Lipinski definition) is 3. The van der Waals surface area contributed by atoms with Gasteiger partial charge in [-0.3, -0.25) is 4.98 Å². The van der Waals surface area contributed by atoms with Gasteiger partial charge in [0.05, 0.1) is 12.8 Å². The van der Waals surface area contributed by atoms with Gasteiger partial charge in [-0.25, -0.2) is 4.79 Å². The number of esters is 1. The molecule has 0 atom stereocenters. The van der Waals surface area contributed by atoms with Gasteiger partial charge < -0.3 is 4.74 Å². The summed E-state index contributed by atoms with van der Waals surface area (Å²) in [6.07, 6.45) is 3.10. The second-order valence-corrected chi connectivity index (χ2v) is 2.57. The third kappa shape index (κ3) is 2.71. The number of ether oxygens (including phenoxy) is 1. The Bertz CT molecular complexity index is 317. The van der Waals surface area contributed by atoms with E-state index in [4.69, 9.17) is 0 Å². The molecule has 0 aliphatic heterocycles. The number of carbonyl (C=O) groups excluding carboxylic acids is 1. The summed E-state index contributed by atoms with van der Waals surface area (Å²) in [5.41, 5.74) is 1.58. The Morgan fingerprint density at radius 3 is 2.85 bits per heavy atom. The smallest absolute Gasteiger partial charge is 0.330 e. The lowest BCUT2D eigenvalue weighted by atomic mass is 10.2. The van der Waals surface area contributed by atoms with E-state index in [0.717, 1.165) is 11.3 Å². The van der Waals surface area contributed by atoms with Crippen molar-refractivity contribution in [1.82, 2.24) is 4.98 Å². The van der Waals surface area contributed by atoms with E-state index in [0.29, 0.717) is 0 Å².